The fourth-order valence-corrected chi connectivity index (χ4v) is 4.26. The summed E-state index contributed by atoms with van der Waals surface area (Å²) in [6.45, 7) is 1.44. The van der Waals surface area contributed by atoms with Gasteiger partial charge in [-0.1, -0.05) is 42.5 Å². The number of halogens is 1. The first-order valence-corrected chi connectivity index (χ1v) is 11.1. The third-order valence-electron chi connectivity index (χ3n) is 5.05. The summed E-state index contributed by atoms with van der Waals surface area (Å²) in [5, 5.41) is 2.57. The second kappa shape index (κ2) is 8.57. The molecule has 1 fully saturated rings. The number of cyclic esters (lactones) is 1. The van der Waals surface area contributed by atoms with Gasteiger partial charge in [0.05, 0.1) is 24.8 Å². The fourth-order valence-electron chi connectivity index (χ4n) is 3.49. The van der Waals surface area contributed by atoms with Crippen LogP contribution in [0.5, 0.6) is 0 Å². The maximum Gasteiger partial charge on any atom is 0.413 e. The van der Waals surface area contributed by atoms with Crippen molar-refractivity contribution in [3.63, 3.8) is 0 Å². The Morgan fingerprint density at radius 3 is 2.63 bits per heavy atom. The monoisotopic (exact) mass is 437 g/mol. The Labute approximate surface area is 174 Å². The van der Waals surface area contributed by atoms with Gasteiger partial charge in [0, 0.05) is 6.92 Å². The number of rotatable bonds is 7. The third kappa shape index (κ3) is 4.71. The van der Waals surface area contributed by atoms with Crippen LogP contribution in [0.25, 0.3) is 0 Å². The number of hydrogen-bond acceptors (Lipinski definition) is 5. The number of carbonyl (C=O) groups is 2. The molecule has 3 atom stereocenters. The lowest BCUT2D eigenvalue weighted by atomic mass is 9.84. The van der Waals surface area contributed by atoms with E-state index in [0.717, 1.165) is 4.90 Å². The number of allylic oxidation sites excluding steroid dienone is 2. The van der Waals surface area contributed by atoms with Gasteiger partial charge in [-0.2, -0.15) is 0 Å². The number of nitrogens with one attached hydrogen (secondary N) is 2. The maximum atomic E-state index is 16.2. The second-order valence-corrected chi connectivity index (χ2v) is 9.13. The Kier molecular flexibility index (Phi) is 6.27. The number of hydrogen-bond donors (Lipinski definition) is 2. The smallest absolute Gasteiger partial charge is 0.413 e. The van der Waals surface area contributed by atoms with E-state index in [2.05, 4.69) is 10.0 Å². The quantitative estimate of drug-likeness (QED) is 0.630. The van der Waals surface area contributed by atoms with Crippen LogP contribution in [-0.4, -0.2) is 57.4 Å². The summed E-state index contributed by atoms with van der Waals surface area (Å²) in [4.78, 5) is 24.5. The van der Waals surface area contributed by atoms with Crippen LogP contribution in [0.2, 0.25) is 0 Å². The van der Waals surface area contributed by atoms with Crippen LogP contribution in [0, 0.1) is 0 Å². The van der Waals surface area contributed by atoms with E-state index in [9.17, 15) is 18.0 Å². The van der Waals surface area contributed by atoms with Crippen LogP contribution < -0.4 is 10.0 Å². The summed E-state index contributed by atoms with van der Waals surface area (Å²) >= 11 is 0. The van der Waals surface area contributed by atoms with Crippen LogP contribution in [0.1, 0.15) is 24.0 Å². The van der Waals surface area contributed by atoms with Crippen molar-refractivity contribution in [2.45, 2.75) is 30.5 Å². The Hall–Kier alpha value is -2.72. The Morgan fingerprint density at radius 2 is 2.00 bits per heavy atom. The number of amides is 2. The predicted molar refractivity (Wildman–Crippen MR) is 109 cm³/mol. The van der Waals surface area contributed by atoms with E-state index < -0.39 is 33.9 Å². The van der Waals surface area contributed by atoms with Crippen LogP contribution in [0.4, 0.5) is 9.18 Å². The van der Waals surface area contributed by atoms with Gasteiger partial charge < -0.3 is 10.1 Å². The summed E-state index contributed by atoms with van der Waals surface area (Å²) in [6, 6.07) is 6.55. The molecule has 2 aliphatic rings. The normalized spacial score (nSPS) is 26.0. The van der Waals surface area contributed by atoms with E-state index >= 15 is 4.39 Å². The first-order chi connectivity index (χ1) is 14.1. The number of nitrogens with zero attached hydrogens (tertiary/aromatic N) is 1. The summed E-state index contributed by atoms with van der Waals surface area (Å²) in [5.74, 6) is -3.41. The lowest BCUT2D eigenvalue weighted by Crippen LogP contribution is -2.49. The number of benzene rings is 1. The molecule has 0 aromatic heterocycles. The van der Waals surface area contributed by atoms with Crippen LogP contribution >= 0.6 is 0 Å². The van der Waals surface area contributed by atoms with E-state index in [1.54, 1.807) is 36.4 Å². The van der Waals surface area contributed by atoms with Gasteiger partial charge in [0.25, 0.3) is 0 Å². The molecule has 1 aromatic rings. The van der Waals surface area contributed by atoms with E-state index in [-0.39, 0.29) is 24.7 Å². The van der Waals surface area contributed by atoms with Gasteiger partial charge in [-0.3, -0.25) is 9.69 Å². The summed E-state index contributed by atoms with van der Waals surface area (Å²) < 4.78 is 47.1. The van der Waals surface area contributed by atoms with E-state index in [1.807, 2.05) is 0 Å². The van der Waals surface area contributed by atoms with E-state index in [1.165, 1.54) is 26.1 Å². The van der Waals surface area contributed by atoms with Gasteiger partial charge in [0.15, 0.2) is 0 Å². The molecule has 3 unspecified atom stereocenters. The molecular weight excluding hydrogens is 413 g/mol. The Morgan fingerprint density at radius 1 is 1.30 bits per heavy atom. The van der Waals surface area contributed by atoms with Crippen molar-refractivity contribution in [3.8, 4) is 0 Å². The van der Waals surface area contributed by atoms with Gasteiger partial charge in [-0.05, 0) is 24.3 Å². The maximum absolute atomic E-state index is 16.2. The molecular formula is C20H24FN3O5S. The second-order valence-electron chi connectivity index (χ2n) is 7.21. The fraction of sp³-hybridized carbons (Fsp3) is 0.400. The standard InChI is InChI=1S/C20H24FN3O5S/c1-14(25)23-11-17-12-24(19(26)29-17)20(21)10-4-3-5-18(20)16-8-6-15(7-9-16)13-30(27,28)22-2/h3-10,17-18,22H,11-13H2,1-2H3,(H,23,25). The summed E-state index contributed by atoms with van der Waals surface area (Å²) in [5.41, 5.74) is 1.14. The highest BCUT2D eigenvalue weighted by Crippen LogP contribution is 2.41. The van der Waals surface area contributed by atoms with Gasteiger partial charge in [0.1, 0.15) is 6.10 Å². The average Bonchev–Trinajstić information content (AvgIpc) is 3.09. The number of carbonyl (C=O) groups excluding carboxylic acids is 2. The van der Waals surface area contributed by atoms with Crippen molar-refractivity contribution in [1.82, 2.24) is 14.9 Å². The van der Waals surface area contributed by atoms with Crippen molar-refractivity contribution in [2.24, 2.45) is 0 Å². The molecule has 10 heteroatoms. The number of alkyl halides is 1. The molecule has 1 aliphatic carbocycles. The predicted octanol–water partition coefficient (Wildman–Crippen LogP) is 1.57. The molecule has 162 valence electrons. The molecule has 2 N–H and O–H groups in total. The first kappa shape index (κ1) is 22.0. The van der Waals surface area contributed by atoms with Gasteiger partial charge in [-0.15, -0.1) is 0 Å². The highest BCUT2D eigenvalue weighted by Gasteiger charge is 2.50. The van der Waals surface area contributed by atoms with E-state index in [4.69, 9.17) is 4.74 Å². The first-order valence-electron chi connectivity index (χ1n) is 9.42. The minimum absolute atomic E-state index is 0.0111. The molecule has 8 nitrogen and oxygen atoms in total. The lowest BCUT2D eigenvalue weighted by Gasteiger charge is -2.37. The SMILES string of the molecule is CNS(=O)(=O)Cc1ccc(C2C=CC=CC2(F)N2CC(CNC(C)=O)OC2=O)cc1. The van der Waals surface area contributed by atoms with Crippen molar-refractivity contribution in [2.75, 3.05) is 20.1 Å². The largest absolute Gasteiger partial charge is 0.442 e. The Bertz CT molecular complexity index is 977. The van der Waals surface area contributed by atoms with Crippen LogP contribution in [0.3, 0.4) is 0 Å². The highest BCUT2D eigenvalue weighted by atomic mass is 32.2. The van der Waals surface area contributed by atoms with E-state index in [0.29, 0.717) is 11.1 Å². The van der Waals surface area contributed by atoms with Gasteiger partial charge >= 0.3 is 6.09 Å². The zero-order valence-corrected chi connectivity index (χ0v) is 17.5. The molecule has 2 amide bonds. The topological polar surface area (TPSA) is 105 Å². The average molecular weight is 437 g/mol. The molecule has 1 aromatic carbocycles. The highest BCUT2D eigenvalue weighted by molar-refractivity contribution is 7.88. The summed E-state index contributed by atoms with van der Waals surface area (Å²) in [7, 11) is -2.08. The van der Waals surface area contributed by atoms with Gasteiger partial charge in [-0.25, -0.2) is 22.3 Å². The van der Waals surface area contributed by atoms with Crippen molar-refractivity contribution < 1.29 is 27.1 Å². The van der Waals surface area contributed by atoms with Crippen LogP contribution in [-0.2, 0) is 25.3 Å². The van der Waals surface area contributed by atoms with Crippen molar-refractivity contribution in [3.05, 3.63) is 59.7 Å². The molecule has 0 saturated carbocycles. The number of sulfonamides is 1. The molecule has 1 heterocycles. The number of ether oxygens (including phenoxy) is 1. The Balaban J connectivity index is 1.81. The molecule has 1 saturated heterocycles. The summed E-state index contributed by atoms with van der Waals surface area (Å²) in [6.07, 6.45) is 4.72. The minimum Gasteiger partial charge on any atom is -0.442 e. The van der Waals surface area contributed by atoms with Crippen molar-refractivity contribution >= 4 is 22.0 Å². The van der Waals surface area contributed by atoms with Crippen LogP contribution in [0.15, 0.2) is 48.6 Å². The molecule has 0 spiro atoms. The molecule has 0 radical (unpaired) electrons. The third-order valence-corrected chi connectivity index (χ3v) is 6.39. The van der Waals surface area contributed by atoms with Crippen molar-refractivity contribution in [1.29, 1.82) is 0 Å². The molecule has 1 aliphatic heterocycles. The molecule has 0 bridgehead atoms. The molecule has 3 rings (SSSR count). The lowest BCUT2D eigenvalue weighted by molar-refractivity contribution is -0.119. The zero-order chi connectivity index (χ0) is 21.9. The molecule has 30 heavy (non-hydrogen) atoms. The minimum atomic E-state index is -3.42. The van der Waals surface area contributed by atoms with Gasteiger partial charge in [0.2, 0.25) is 21.7 Å². The zero-order valence-electron chi connectivity index (χ0n) is 16.7.